The number of nitrogens with two attached hydrogens (primary N) is 1. The monoisotopic (exact) mass is 248 g/mol. The van der Waals surface area contributed by atoms with Crippen LogP contribution in [-0.4, -0.2) is 35.0 Å². The number of hydrogen-bond donors (Lipinski definition) is 2. The highest BCUT2D eigenvalue weighted by atomic mass is 16.3. The number of carbonyl (C=O) groups excluding carboxylic acids is 1. The van der Waals surface area contributed by atoms with Gasteiger partial charge in [0.25, 0.3) is 5.91 Å². The van der Waals surface area contributed by atoms with Crippen molar-refractivity contribution >= 4 is 5.91 Å². The maximum absolute atomic E-state index is 12.3. The van der Waals surface area contributed by atoms with Crippen LogP contribution in [0, 0.1) is 12.8 Å². The Morgan fingerprint density at radius 3 is 2.83 bits per heavy atom. The molecule has 18 heavy (non-hydrogen) atoms. The highest BCUT2D eigenvalue weighted by Gasteiger charge is 2.28. The molecule has 1 fully saturated rings. The number of likely N-dealkylation sites (tertiary alicyclic amines) is 1. The normalized spacial score (nSPS) is 21.1. The summed E-state index contributed by atoms with van der Waals surface area (Å²) in [6.07, 6.45) is 0.973. The van der Waals surface area contributed by atoms with Crippen LogP contribution in [-0.2, 0) is 0 Å². The number of rotatable bonds is 2. The van der Waals surface area contributed by atoms with Gasteiger partial charge in [-0.2, -0.15) is 0 Å². The third-order valence-corrected chi connectivity index (χ3v) is 3.70. The molecule has 0 aliphatic carbocycles. The van der Waals surface area contributed by atoms with E-state index < -0.39 is 0 Å². The largest absolute Gasteiger partial charge is 0.508 e. The van der Waals surface area contributed by atoms with Crippen molar-refractivity contribution in [3.63, 3.8) is 0 Å². The van der Waals surface area contributed by atoms with Gasteiger partial charge in [0.2, 0.25) is 0 Å². The molecular formula is C14H20N2O2. The minimum Gasteiger partial charge on any atom is -0.508 e. The standard InChI is InChI=1S/C14H20N2O2/c1-9-7-11(3-4-13(9)17)14(18)16-6-5-12(8-16)10(2)15/h3-4,7,10,12,17H,5-6,8,15H2,1-2H3. The summed E-state index contributed by atoms with van der Waals surface area (Å²) in [6, 6.07) is 5.10. The summed E-state index contributed by atoms with van der Waals surface area (Å²) in [5, 5.41) is 9.46. The predicted molar refractivity (Wildman–Crippen MR) is 70.5 cm³/mol. The summed E-state index contributed by atoms with van der Waals surface area (Å²) in [6.45, 7) is 5.28. The maximum Gasteiger partial charge on any atom is 0.253 e. The molecule has 3 N–H and O–H groups in total. The smallest absolute Gasteiger partial charge is 0.253 e. The maximum atomic E-state index is 12.3. The van der Waals surface area contributed by atoms with Crippen molar-refractivity contribution in [3.05, 3.63) is 29.3 Å². The molecule has 2 unspecified atom stereocenters. The summed E-state index contributed by atoms with van der Waals surface area (Å²) in [5.41, 5.74) is 7.23. The van der Waals surface area contributed by atoms with E-state index in [1.54, 1.807) is 25.1 Å². The number of amides is 1. The van der Waals surface area contributed by atoms with Crippen LogP contribution in [0.1, 0.15) is 29.3 Å². The summed E-state index contributed by atoms with van der Waals surface area (Å²) in [4.78, 5) is 14.1. The number of hydrogen-bond acceptors (Lipinski definition) is 3. The van der Waals surface area contributed by atoms with Gasteiger partial charge in [0.15, 0.2) is 0 Å². The number of aromatic hydroxyl groups is 1. The van der Waals surface area contributed by atoms with Crippen LogP contribution in [0.4, 0.5) is 0 Å². The molecule has 98 valence electrons. The van der Waals surface area contributed by atoms with Gasteiger partial charge in [-0.15, -0.1) is 0 Å². The fourth-order valence-electron chi connectivity index (χ4n) is 2.37. The number of carbonyl (C=O) groups is 1. The van der Waals surface area contributed by atoms with Gasteiger partial charge in [-0.3, -0.25) is 4.79 Å². The van der Waals surface area contributed by atoms with Crippen LogP contribution < -0.4 is 5.73 Å². The van der Waals surface area contributed by atoms with Gasteiger partial charge in [0.1, 0.15) is 5.75 Å². The van der Waals surface area contributed by atoms with Crippen LogP contribution in [0.5, 0.6) is 5.75 Å². The van der Waals surface area contributed by atoms with Crippen molar-refractivity contribution in [2.24, 2.45) is 11.7 Å². The van der Waals surface area contributed by atoms with E-state index in [0.29, 0.717) is 11.5 Å². The Hall–Kier alpha value is -1.55. The molecule has 1 saturated heterocycles. The second-order valence-corrected chi connectivity index (χ2v) is 5.16. The molecular weight excluding hydrogens is 228 g/mol. The van der Waals surface area contributed by atoms with Gasteiger partial charge in [-0.25, -0.2) is 0 Å². The number of aryl methyl sites for hydroxylation is 1. The Morgan fingerprint density at radius 1 is 1.56 bits per heavy atom. The first-order chi connectivity index (χ1) is 8.49. The first-order valence-electron chi connectivity index (χ1n) is 6.33. The number of phenols is 1. The lowest BCUT2D eigenvalue weighted by Crippen LogP contribution is -2.33. The molecule has 0 aromatic heterocycles. The lowest BCUT2D eigenvalue weighted by molar-refractivity contribution is 0.0786. The van der Waals surface area contributed by atoms with E-state index in [0.717, 1.165) is 25.1 Å². The molecule has 0 radical (unpaired) electrons. The Bertz CT molecular complexity index is 457. The third kappa shape index (κ3) is 2.48. The van der Waals surface area contributed by atoms with E-state index in [9.17, 15) is 9.90 Å². The molecule has 1 aliphatic heterocycles. The molecule has 0 bridgehead atoms. The van der Waals surface area contributed by atoms with Crippen LogP contribution >= 0.6 is 0 Å². The highest BCUT2D eigenvalue weighted by molar-refractivity contribution is 5.94. The Morgan fingerprint density at radius 2 is 2.28 bits per heavy atom. The quantitative estimate of drug-likeness (QED) is 0.833. The second kappa shape index (κ2) is 4.98. The van der Waals surface area contributed by atoms with Crippen molar-refractivity contribution < 1.29 is 9.90 Å². The summed E-state index contributed by atoms with van der Waals surface area (Å²) >= 11 is 0. The van der Waals surface area contributed by atoms with Crippen molar-refractivity contribution in [3.8, 4) is 5.75 Å². The number of phenolic OH excluding ortho intramolecular Hbond substituents is 1. The lowest BCUT2D eigenvalue weighted by Gasteiger charge is -2.18. The van der Waals surface area contributed by atoms with Crippen molar-refractivity contribution in [2.75, 3.05) is 13.1 Å². The average molecular weight is 248 g/mol. The SMILES string of the molecule is Cc1cc(C(=O)N2CCC(C(C)N)C2)ccc1O. The summed E-state index contributed by atoms with van der Waals surface area (Å²) in [5.74, 6) is 0.648. The van der Waals surface area contributed by atoms with E-state index in [2.05, 4.69) is 0 Å². The average Bonchev–Trinajstić information content (AvgIpc) is 2.81. The van der Waals surface area contributed by atoms with Gasteiger partial charge in [-0.05, 0) is 49.9 Å². The molecule has 2 atom stereocenters. The van der Waals surface area contributed by atoms with Crippen LogP contribution in [0.2, 0.25) is 0 Å². The summed E-state index contributed by atoms with van der Waals surface area (Å²) < 4.78 is 0. The minimum atomic E-state index is 0.0289. The molecule has 1 aromatic rings. The van der Waals surface area contributed by atoms with E-state index in [1.165, 1.54) is 0 Å². The van der Waals surface area contributed by atoms with Gasteiger partial charge in [0.05, 0.1) is 0 Å². The van der Waals surface area contributed by atoms with Crippen molar-refractivity contribution in [1.29, 1.82) is 0 Å². The van der Waals surface area contributed by atoms with Crippen molar-refractivity contribution in [2.45, 2.75) is 26.3 Å². The van der Waals surface area contributed by atoms with E-state index >= 15 is 0 Å². The highest BCUT2D eigenvalue weighted by Crippen LogP contribution is 2.23. The molecule has 4 heteroatoms. The topological polar surface area (TPSA) is 66.6 Å². The Labute approximate surface area is 107 Å². The van der Waals surface area contributed by atoms with Crippen LogP contribution in [0.3, 0.4) is 0 Å². The van der Waals surface area contributed by atoms with Gasteiger partial charge in [-0.1, -0.05) is 0 Å². The van der Waals surface area contributed by atoms with Crippen LogP contribution in [0.15, 0.2) is 18.2 Å². The zero-order valence-electron chi connectivity index (χ0n) is 10.9. The Kier molecular flexibility index (Phi) is 3.57. The van der Waals surface area contributed by atoms with Crippen LogP contribution in [0.25, 0.3) is 0 Å². The fraction of sp³-hybridized carbons (Fsp3) is 0.500. The molecule has 2 rings (SSSR count). The number of benzene rings is 1. The first kappa shape index (κ1) is 12.9. The summed E-state index contributed by atoms with van der Waals surface area (Å²) in [7, 11) is 0. The number of nitrogens with zero attached hydrogens (tertiary/aromatic N) is 1. The third-order valence-electron chi connectivity index (χ3n) is 3.70. The Balaban J connectivity index is 2.10. The van der Waals surface area contributed by atoms with Gasteiger partial charge in [0, 0.05) is 24.7 Å². The minimum absolute atomic E-state index is 0.0289. The predicted octanol–water partition coefficient (Wildman–Crippen LogP) is 1.51. The molecule has 1 aliphatic rings. The molecule has 0 spiro atoms. The molecule has 1 aromatic carbocycles. The zero-order chi connectivity index (χ0) is 13.3. The first-order valence-corrected chi connectivity index (χ1v) is 6.33. The molecule has 4 nitrogen and oxygen atoms in total. The van der Waals surface area contributed by atoms with E-state index in [1.807, 2.05) is 11.8 Å². The van der Waals surface area contributed by atoms with Gasteiger partial charge >= 0.3 is 0 Å². The fourth-order valence-corrected chi connectivity index (χ4v) is 2.37. The van der Waals surface area contributed by atoms with E-state index in [-0.39, 0.29) is 17.7 Å². The lowest BCUT2D eigenvalue weighted by atomic mass is 10.0. The van der Waals surface area contributed by atoms with Crippen molar-refractivity contribution in [1.82, 2.24) is 4.90 Å². The molecule has 0 saturated carbocycles. The van der Waals surface area contributed by atoms with Gasteiger partial charge < -0.3 is 15.7 Å². The zero-order valence-corrected chi connectivity index (χ0v) is 10.9. The molecule has 1 heterocycles. The second-order valence-electron chi connectivity index (χ2n) is 5.16. The molecule has 1 amide bonds. The van der Waals surface area contributed by atoms with E-state index in [4.69, 9.17) is 5.73 Å².